The first-order chi connectivity index (χ1) is 17.7. The van der Waals surface area contributed by atoms with Crippen LogP contribution in [0.5, 0.6) is 0 Å². The zero-order valence-corrected chi connectivity index (χ0v) is 24.5. The van der Waals surface area contributed by atoms with Gasteiger partial charge in [0.25, 0.3) is 0 Å². The minimum absolute atomic E-state index is 0.183. The molecule has 0 radical (unpaired) electrons. The molecule has 9 heteroatoms. The number of hydrogen-bond donors (Lipinski definition) is 0. The third kappa shape index (κ3) is 5.34. The van der Waals surface area contributed by atoms with Gasteiger partial charge in [0.05, 0.1) is 28.5 Å². The van der Waals surface area contributed by atoms with Gasteiger partial charge in [-0.2, -0.15) is 5.10 Å². The Bertz CT molecular complexity index is 1160. The fourth-order valence-electron chi connectivity index (χ4n) is 5.95. The van der Waals surface area contributed by atoms with Gasteiger partial charge >= 0.3 is 13.2 Å². The Balaban J connectivity index is 1.20. The van der Waals surface area contributed by atoms with Gasteiger partial charge < -0.3 is 23.8 Å². The molecule has 3 fully saturated rings. The minimum Gasteiger partial charge on any atom is -0.444 e. The first-order valence-electron chi connectivity index (χ1n) is 14.3. The van der Waals surface area contributed by atoms with Crippen molar-refractivity contribution in [2.75, 3.05) is 26.2 Å². The fourth-order valence-corrected chi connectivity index (χ4v) is 5.95. The van der Waals surface area contributed by atoms with Crippen molar-refractivity contribution in [3.63, 3.8) is 0 Å². The van der Waals surface area contributed by atoms with E-state index < -0.39 is 5.60 Å². The predicted molar refractivity (Wildman–Crippen MR) is 151 cm³/mol. The molecule has 0 spiro atoms. The zero-order valence-electron chi connectivity index (χ0n) is 24.5. The van der Waals surface area contributed by atoms with E-state index in [1.807, 2.05) is 25.7 Å². The Morgan fingerprint density at radius 2 is 1.55 bits per heavy atom. The van der Waals surface area contributed by atoms with Crippen molar-refractivity contribution in [3.8, 4) is 0 Å². The summed E-state index contributed by atoms with van der Waals surface area (Å²) in [6.07, 6.45) is 4.01. The van der Waals surface area contributed by atoms with E-state index in [2.05, 4.69) is 62.4 Å². The molecule has 208 valence electrons. The van der Waals surface area contributed by atoms with E-state index in [4.69, 9.17) is 19.1 Å². The summed E-state index contributed by atoms with van der Waals surface area (Å²) in [7, 11) is -0.364. The monoisotopic (exact) mass is 524 g/mol. The molecule has 0 unspecified atom stereocenters. The molecule has 38 heavy (non-hydrogen) atoms. The third-order valence-corrected chi connectivity index (χ3v) is 8.92. The van der Waals surface area contributed by atoms with E-state index >= 15 is 0 Å². The molecule has 3 aliphatic rings. The number of likely N-dealkylation sites (tertiary alicyclic amines) is 2. The number of nitrogens with zero attached hydrogens (tertiary/aromatic N) is 4. The lowest BCUT2D eigenvalue weighted by atomic mass is 9.78. The second-order valence-electron chi connectivity index (χ2n) is 13.4. The lowest BCUT2D eigenvalue weighted by Crippen LogP contribution is -2.50. The third-order valence-electron chi connectivity index (χ3n) is 8.92. The van der Waals surface area contributed by atoms with Gasteiger partial charge in [-0.05, 0) is 92.6 Å². The van der Waals surface area contributed by atoms with Crippen LogP contribution in [0.4, 0.5) is 4.79 Å². The Kier molecular flexibility index (Phi) is 7.10. The molecule has 2 aromatic rings. The molecule has 3 saturated heterocycles. The lowest BCUT2D eigenvalue weighted by molar-refractivity contribution is 0.00578. The average molecular weight is 525 g/mol. The van der Waals surface area contributed by atoms with E-state index in [0.29, 0.717) is 12.1 Å². The topological polar surface area (TPSA) is 69.1 Å². The lowest BCUT2D eigenvalue weighted by Gasteiger charge is -2.42. The molecule has 1 aromatic heterocycles. The summed E-state index contributed by atoms with van der Waals surface area (Å²) in [5.74, 6) is 0. The Morgan fingerprint density at radius 3 is 2.13 bits per heavy atom. The van der Waals surface area contributed by atoms with E-state index in [0.717, 1.165) is 63.0 Å². The van der Waals surface area contributed by atoms with Gasteiger partial charge in [0, 0.05) is 37.6 Å². The summed E-state index contributed by atoms with van der Waals surface area (Å²) >= 11 is 0. The normalized spacial score (nSPS) is 23.4. The van der Waals surface area contributed by atoms with Crippen LogP contribution in [0.15, 0.2) is 18.2 Å². The van der Waals surface area contributed by atoms with Crippen molar-refractivity contribution in [1.29, 1.82) is 0 Å². The maximum Gasteiger partial charge on any atom is 0.494 e. The van der Waals surface area contributed by atoms with Crippen molar-refractivity contribution in [3.05, 3.63) is 23.9 Å². The van der Waals surface area contributed by atoms with Crippen molar-refractivity contribution < 1.29 is 18.8 Å². The standard InChI is InChI=1S/C29H45BN4O4/c1-20-24-19-21(30-37-28(5,6)29(7,8)38-30)9-10-25(24)34(31-20)23-13-15-32(16-14-23)22-11-17-33(18-12-22)26(35)36-27(2,3)4/h9-10,19,22-23H,11-18H2,1-8H3. The SMILES string of the molecule is Cc1nn(C2CCN(C3CCN(C(=O)OC(C)(C)C)CC3)CC2)c2ccc(B3OC(C)(C)C(C)(C)O3)cc12. The Morgan fingerprint density at radius 1 is 0.974 bits per heavy atom. The van der Waals surface area contributed by atoms with Crippen molar-refractivity contribution in [1.82, 2.24) is 19.6 Å². The highest BCUT2D eigenvalue weighted by Crippen LogP contribution is 2.37. The van der Waals surface area contributed by atoms with Crippen molar-refractivity contribution >= 4 is 29.6 Å². The molecule has 3 aliphatic heterocycles. The van der Waals surface area contributed by atoms with Gasteiger partial charge in [-0.25, -0.2) is 4.79 Å². The Labute approximate surface area is 228 Å². The number of amides is 1. The van der Waals surface area contributed by atoms with E-state index in [1.165, 1.54) is 10.9 Å². The summed E-state index contributed by atoms with van der Waals surface area (Å²) in [5, 5.41) is 6.17. The minimum atomic E-state index is -0.446. The predicted octanol–water partition coefficient (Wildman–Crippen LogP) is 4.68. The number of rotatable bonds is 3. The van der Waals surface area contributed by atoms with Gasteiger partial charge in [0.15, 0.2) is 0 Å². The smallest absolute Gasteiger partial charge is 0.444 e. The largest absolute Gasteiger partial charge is 0.494 e. The van der Waals surface area contributed by atoms with Crippen molar-refractivity contribution in [2.45, 2.75) is 110 Å². The highest BCUT2D eigenvalue weighted by atomic mass is 16.7. The maximum atomic E-state index is 12.4. The number of benzene rings is 1. The quantitative estimate of drug-likeness (QED) is 0.544. The molecule has 5 rings (SSSR count). The van der Waals surface area contributed by atoms with Crippen LogP contribution in [0.25, 0.3) is 10.9 Å². The van der Waals surface area contributed by atoms with Crippen LogP contribution in [-0.2, 0) is 14.0 Å². The fraction of sp³-hybridized carbons (Fsp3) is 0.724. The molecule has 1 aromatic carbocycles. The summed E-state index contributed by atoms with van der Waals surface area (Å²) in [6.45, 7) is 19.9. The molecular formula is C29H45BN4O4. The van der Waals surface area contributed by atoms with Gasteiger partial charge in [0.1, 0.15) is 5.60 Å². The number of fused-ring (bicyclic) bond motifs is 1. The van der Waals surface area contributed by atoms with Crippen LogP contribution in [0.2, 0.25) is 0 Å². The van der Waals surface area contributed by atoms with Gasteiger partial charge in [0.2, 0.25) is 0 Å². The van der Waals surface area contributed by atoms with Gasteiger partial charge in [-0.3, -0.25) is 4.68 Å². The van der Waals surface area contributed by atoms with Crippen LogP contribution in [0.3, 0.4) is 0 Å². The highest BCUT2D eigenvalue weighted by molar-refractivity contribution is 6.62. The van der Waals surface area contributed by atoms with Crippen LogP contribution in [0.1, 0.15) is 85.9 Å². The molecule has 0 aliphatic carbocycles. The number of aromatic nitrogens is 2. The highest BCUT2D eigenvalue weighted by Gasteiger charge is 2.51. The van der Waals surface area contributed by atoms with Crippen LogP contribution >= 0.6 is 0 Å². The summed E-state index contributed by atoms with van der Waals surface area (Å²) in [4.78, 5) is 16.9. The number of hydrogen-bond acceptors (Lipinski definition) is 6. The molecule has 1 amide bonds. The van der Waals surface area contributed by atoms with E-state index in [1.54, 1.807) is 0 Å². The molecule has 8 nitrogen and oxygen atoms in total. The molecule has 4 heterocycles. The number of piperidine rings is 2. The van der Waals surface area contributed by atoms with Crippen LogP contribution in [0, 0.1) is 6.92 Å². The molecular weight excluding hydrogens is 479 g/mol. The molecule has 0 atom stereocenters. The van der Waals surface area contributed by atoms with E-state index in [-0.39, 0.29) is 24.4 Å². The summed E-state index contributed by atoms with van der Waals surface area (Å²) in [6, 6.07) is 7.45. The number of ether oxygens (including phenoxy) is 1. The van der Waals surface area contributed by atoms with E-state index in [9.17, 15) is 4.79 Å². The van der Waals surface area contributed by atoms with Crippen molar-refractivity contribution in [2.24, 2.45) is 0 Å². The number of carbonyl (C=O) groups is 1. The van der Waals surface area contributed by atoms with Gasteiger partial charge in [-0.15, -0.1) is 0 Å². The average Bonchev–Trinajstić information content (AvgIpc) is 3.29. The van der Waals surface area contributed by atoms with Crippen LogP contribution in [-0.4, -0.2) is 81.8 Å². The summed E-state index contributed by atoms with van der Waals surface area (Å²) < 4.78 is 20.4. The van der Waals surface area contributed by atoms with Crippen LogP contribution < -0.4 is 5.46 Å². The molecule has 0 N–H and O–H groups in total. The van der Waals surface area contributed by atoms with Gasteiger partial charge in [-0.1, -0.05) is 12.1 Å². The maximum absolute atomic E-state index is 12.4. The second kappa shape index (κ2) is 9.83. The number of carbonyl (C=O) groups excluding carboxylic acids is 1. The first-order valence-corrected chi connectivity index (χ1v) is 14.3. The zero-order chi connectivity index (χ0) is 27.5. The Hall–Kier alpha value is -2.10. The summed E-state index contributed by atoms with van der Waals surface area (Å²) in [5.41, 5.74) is 2.13. The second-order valence-corrected chi connectivity index (χ2v) is 13.4. The first kappa shape index (κ1) is 27.5. The molecule has 0 saturated carbocycles. The number of aryl methyl sites for hydroxylation is 1. The molecule has 0 bridgehead atoms.